The summed E-state index contributed by atoms with van der Waals surface area (Å²) >= 11 is 6.30. The molecule has 222 valence electrons. The third-order valence-corrected chi connectivity index (χ3v) is 8.05. The van der Waals surface area contributed by atoms with E-state index in [1.807, 2.05) is 19.1 Å². The minimum atomic E-state index is -0.909. The summed E-state index contributed by atoms with van der Waals surface area (Å²) in [6.45, 7) is 6.27. The van der Waals surface area contributed by atoms with Crippen molar-refractivity contribution in [2.75, 3.05) is 0 Å². The molecule has 1 unspecified atom stereocenters. The first kappa shape index (κ1) is 45.5. The number of hydrogen-bond acceptors (Lipinski definition) is 6. The summed E-state index contributed by atoms with van der Waals surface area (Å²) < 4.78 is -0.740. The summed E-state index contributed by atoms with van der Waals surface area (Å²) in [7, 11) is 0. The largest absolute Gasteiger partial charge is 2.00 e. The molecule has 9 heteroatoms. The van der Waals surface area contributed by atoms with Gasteiger partial charge in [0.15, 0.2) is 3.23 Å². The van der Waals surface area contributed by atoms with E-state index < -0.39 is 15.2 Å². The zero-order valence-electron chi connectivity index (χ0n) is 24.9. The molecule has 0 radical (unpaired) electrons. The number of alkyl halides is 2. The molecule has 6 nitrogen and oxygen atoms in total. The Kier molecular flexibility index (Phi) is 41.4. The fraction of sp³-hybridized carbons (Fsp3) is 0.867. The first-order chi connectivity index (χ1) is 18.1. The van der Waals surface area contributed by atoms with Crippen LogP contribution in [0.25, 0.3) is 0 Å². The molecule has 0 amide bonds. The van der Waals surface area contributed by atoms with Gasteiger partial charge in [0.2, 0.25) is 0 Å². The molecule has 0 spiro atoms. The molecule has 0 fully saturated rings. The van der Waals surface area contributed by atoms with Crippen LogP contribution in [0.15, 0.2) is 0 Å². The van der Waals surface area contributed by atoms with Crippen molar-refractivity contribution in [3.05, 3.63) is 0 Å². The SMILES string of the molecule is CC(CC#N)C(Br)(Br)C#N.CCCCCCCCCCCC(=O)[O-].CCCCCCCCCCCC(=O)[O-].[Zn+2]. The maximum absolute atomic E-state index is 10.1. The van der Waals surface area contributed by atoms with E-state index in [0.29, 0.717) is 6.42 Å². The average molecular weight is 730 g/mol. The van der Waals surface area contributed by atoms with E-state index in [4.69, 9.17) is 10.5 Å². The molecule has 0 bridgehead atoms. The predicted octanol–water partition coefficient (Wildman–Crippen LogP) is 7.86. The molecule has 0 aromatic heterocycles. The van der Waals surface area contributed by atoms with E-state index in [9.17, 15) is 19.8 Å². The van der Waals surface area contributed by atoms with E-state index in [2.05, 4.69) is 45.7 Å². The van der Waals surface area contributed by atoms with Gasteiger partial charge in [0.05, 0.1) is 12.1 Å². The van der Waals surface area contributed by atoms with Crippen molar-refractivity contribution in [1.82, 2.24) is 0 Å². The van der Waals surface area contributed by atoms with Crippen molar-refractivity contribution >= 4 is 43.8 Å². The van der Waals surface area contributed by atoms with Crippen LogP contribution in [-0.4, -0.2) is 15.2 Å². The topological polar surface area (TPSA) is 128 Å². The Hall–Kier alpha value is -0.497. The molecule has 1 atom stereocenters. The van der Waals surface area contributed by atoms with Crippen LogP contribution in [0, 0.1) is 28.6 Å². The maximum atomic E-state index is 10.1. The number of carbonyl (C=O) groups excluding carboxylic acids is 2. The Bertz CT molecular complexity index is 605. The fourth-order valence-electron chi connectivity index (χ4n) is 3.54. The van der Waals surface area contributed by atoms with Gasteiger partial charge in [-0.2, -0.15) is 10.5 Å². The quantitative estimate of drug-likeness (QED) is 0.0634. The summed E-state index contributed by atoms with van der Waals surface area (Å²) in [5.41, 5.74) is 0. The third-order valence-electron chi connectivity index (χ3n) is 6.13. The molecule has 0 aliphatic heterocycles. The zero-order chi connectivity index (χ0) is 29.5. The average Bonchev–Trinajstić information content (AvgIpc) is 2.87. The fourth-order valence-corrected chi connectivity index (χ4v) is 3.86. The molecule has 39 heavy (non-hydrogen) atoms. The van der Waals surface area contributed by atoms with E-state index in [0.717, 1.165) is 25.7 Å². The van der Waals surface area contributed by atoms with E-state index >= 15 is 0 Å². The summed E-state index contributed by atoms with van der Waals surface area (Å²) in [6, 6.07) is 4.00. The monoisotopic (exact) mass is 726 g/mol. The van der Waals surface area contributed by atoms with Crippen LogP contribution in [0.4, 0.5) is 0 Å². The molecule has 0 saturated carbocycles. The van der Waals surface area contributed by atoms with Crippen molar-refractivity contribution in [2.45, 2.75) is 159 Å². The molecule has 0 N–H and O–H groups in total. The Morgan fingerprint density at radius 1 is 0.667 bits per heavy atom. The van der Waals surface area contributed by atoms with Crippen molar-refractivity contribution in [2.24, 2.45) is 5.92 Å². The van der Waals surface area contributed by atoms with E-state index in [-0.39, 0.29) is 38.2 Å². The third kappa shape index (κ3) is 42.1. The number of halogens is 2. The number of carboxylic acid groups (broad SMARTS) is 2. The van der Waals surface area contributed by atoms with Crippen LogP contribution in [0.5, 0.6) is 0 Å². The van der Waals surface area contributed by atoms with Crippen LogP contribution >= 0.6 is 31.9 Å². The second-order valence-electron chi connectivity index (χ2n) is 9.90. The van der Waals surface area contributed by atoms with Crippen LogP contribution < -0.4 is 10.2 Å². The summed E-state index contributed by atoms with van der Waals surface area (Å²) in [4.78, 5) is 20.2. The van der Waals surface area contributed by atoms with Gasteiger partial charge in [-0.3, -0.25) is 0 Å². The molecular formula is C30H52Br2N2O4Zn. The van der Waals surface area contributed by atoms with E-state index in [1.165, 1.54) is 89.9 Å². The Balaban J connectivity index is -0.000000236. The van der Waals surface area contributed by atoms with Gasteiger partial charge in [-0.05, 0) is 25.7 Å². The Morgan fingerprint density at radius 3 is 1.18 bits per heavy atom. The summed E-state index contributed by atoms with van der Waals surface area (Å²) in [6.07, 6.45) is 22.7. The number of hydrogen-bond donors (Lipinski definition) is 0. The van der Waals surface area contributed by atoms with Gasteiger partial charge in [-0.1, -0.05) is 155 Å². The number of carboxylic acids is 2. The van der Waals surface area contributed by atoms with E-state index in [1.54, 1.807) is 0 Å². The maximum Gasteiger partial charge on any atom is 2.00 e. The molecule has 0 aromatic rings. The Labute approximate surface area is 269 Å². The van der Waals surface area contributed by atoms with Crippen molar-refractivity contribution in [1.29, 1.82) is 10.5 Å². The molecule has 0 aromatic carbocycles. The number of rotatable bonds is 22. The molecule has 0 saturated heterocycles. The van der Waals surface area contributed by atoms with Gasteiger partial charge in [0.25, 0.3) is 0 Å². The first-order valence-corrected chi connectivity index (χ1v) is 16.2. The number of carbonyl (C=O) groups is 2. The van der Waals surface area contributed by atoms with Crippen molar-refractivity contribution in [3.8, 4) is 12.1 Å². The van der Waals surface area contributed by atoms with Crippen LogP contribution in [0.3, 0.4) is 0 Å². The van der Waals surface area contributed by atoms with Gasteiger partial charge < -0.3 is 19.8 Å². The van der Waals surface area contributed by atoms with Crippen molar-refractivity contribution < 1.29 is 39.3 Å². The second-order valence-corrected chi connectivity index (χ2v) is 13.5. The number of unbranched alkanes of at least 4 members (excludes halogenated alkanes) is 16. The predicted molar refractivity (Wildman–Crippen MR) is 159 cm³/mol. The van der Waals surface area contributed by atoms with Gasteiger partial charge in [0.1, 0.15) is 0 Å². The van der Waals surface area contributed by atoms with Gasteiger partial charge in [-0.25, -0.2) is 0 Å². The normalized spacial score (nSPS) is 10.8. The Morgan fingerprint density at radius 2 is 0.949 bits per heavy atom. The molecule has 0 aliphatic carbocycles. The number of nitrogens with zero attached hydrogens (tertiary/aromatic N) is 2. The zero-order valence-corrected chi connectivity index (χ0v) is 31.1. The number of aliphatic carboxylic acids is 2. The molecule has 0 heterocycles. The van der Waals surface area contributed by atoms with Crippen LogP contribution in [0.1, 0.15) is 156 Å². The summed E-state index contributed by atoms with van der Waals surface area (Å²) in [5.74, 6) is -1.83. The van der Waals surface area contributed by atoms with Crippen LogP contribution in [-0.2, 0) is 29.1 Å². The second kappa shape index (κ2) is 35.5. The van der Waals surface area contributed by atoms with Gasteiger partial charge in [0, 0.05) is 24.3 Å². The number of nitriles is 2. The minimum absolute atomic E-state index is 0. The smallest absolute Gasteiger partial charge is 0.550 e. The summed E-state index contributed by atoms with van der Waals surface area (Å²) in [5, 5.41) is 37.0. The first-order valence-electron chi connectivity index (χ1n) is 14.6. The van der Waals surface area contributed by atoms with Gasteiger partial charge >= 0.3 is 19.5 Å². The van der Waals surface area contributed by atoms with Crippen molar-refractivity contribution in [3.63, 3.8) is 0 Å². The molecule has 0 rings (SSSR count). The minimum Gasteiger partial charge on any atom is -0.550 e. The standard InChI is InChI=1S/2C12H24O2.C6H6Br2N2.Zn/c2*1-2-3-4-5-6-7-8-9-10-11-12(13)14;1-5(2-3-9)6(7,8)4-10;/h2*2-11H2,1H3,(H,13,14);5H,2H2,1H3;/q;;;+2/p-2. The van der Waals surface area contributed by atoms with Gasteiger partial charge in [-0.15, -0.1) is 0 Å². The van der Waals surface area contributed by atoms with Crippen LogP contribution in [0.2, 0.25) is 0 Å². The molecule has 0 aliphatic rings. The molecular weight excluding hydrogens is 678 g/mol.